The smallest absolute Gasteiger partial charge is 0.235 e. The summed E-state index contributed by atoms with van der Waals surface area (Å²) < 4.78 is 5.43. The molecule has 3 heterocycles. The van der Waals surface area contributed by atoms with Gasteiger partial charge in [-0.05, 0) is 53.9 Å². The molecule has 1 aromatic heterocycles. The monoisotopic (exact) mass is 465 g/mol. The number of amides is 1. The highest BCUT2D eigenvalue weighted by atomic mass is 16.5. The third-order valence-corrected chi connectivity index (χ3v) is 7.91. The summed E-state index contributed by atoms with van der Waals surface area (Å²) in [6, 6.07) is 20.9. The number of rotatable bonds is 4. The van der Waals surface area contributed by atoms with Gasteiger partial charge >= 0.3 is 0 Å². The van der Waals surface area contributed by atoms with E-state index in [4.69, 9.17) is 4.74 Å². The first-order valence-corrected chi connectivity index (χ1v) is 12.2. The summed E-state index contributed by atoms with van der Waals surface area (Å²) in [4.78, 5) is 15.4. The number of hydrogen-bond donors (Lipinski definition) is 3. The molecule has 7 heteroatoms. The summed E-state index contributed by atoms with van der Waals surface area (Å²) in [6.45, 7) is 4.05. The highest BCUT2D eigenvalue weighted by Gasteiger charge is 2.65. The molecule has 1 saturated carbocycles. The molecule has 7 nitrogen and oxygen atoms in total. The van der Waals surface area contributed by atoms with E-state index in [1.165, 1.54) is 5.69 Å². The van der Waals surface area contributed by atoms with Gasteiger partial charge in [-0.3, -0.25) is 9.89 Å². The van der Waals surface area contributed by atoms with Gasteiger partial charge < -0.3 is 20.3 Å². The highest BCUT2D eigenvalue weighted by Crippen LogP contribution is 2.65. The Bertz CT molecular complexity index is 1470. The fraction of sp³-hybridized carbons (Fsp3) is 0.286. The number of nitrogens with zero attached hydrogens (tertiary/aromatic N) is 2. The van der Waals surface area contributed by atoms with E-state index in [9.17, 15) is 4.79 Å². The molecule has 2 fully saturated rings. The first-order chi connectivity index (χ1) is 17.2. The predicted octanol–water partition coefficient (Wildman–Crippen LogP) is 4.03. The normalized spacial score (nSPS) is 22.9. The van der Waals surface area contributed by atoms with Gasteiger partial charge in [0, 0.05) is 54.4 Å². The van der Waals surface area contributed by atoms with Crippen molar-refractivity contribution in [1.82, 2.24) is 15.5 Å². The van der Waals surface area contributed by atoms with Crippen LogP contribution in [0.2, 0.25) is 0 Å². The zero-order chi connectivity index (χ0) is 23.6. The number of piperazine rings is 1. The Morgan fingerprint density at radius 2 is 1.94 bits per heavy atom. The molecule has 7 rings (SSSR count). The molecular weight excluding hydrogens is 438 g/mol. The average molecular weight is 466 g/mol. The first-order valence-electron chi connectivity index (χ1n) is 12.2. The van der Waals surface area contributed by atoms with Gasteiger partial charge in [-0.15, -0.1) is 0 Å². The summed E-state index contributed by atoms with van der Waals surface area (Å²) in [7, 11) is 1.66. The Balaban J connectivity index is 1.21. The van der Waals surface area contributed by atoms with Gasteiger partial charge in [0.1, 0.15) is 5.75 Å². The number of carbonyl (C=O) groups excluding carboxylic acids is 1. The maximum atomic E-state index is 13.0. The van der Waals surface area contributed by atoms with E-state index >= 15 is 0 Å². The van der Waals surface area contributed by atoms with Crippen molar-refractivity contribution in [1.29, 1.82) is 0 Å². The van der Waals surface area contributed by atoms with Crippen LogP contribution in [0.4, 0.5) is 11.4 Å². The lowest BCUT2D eigenvalue weighted by Gasteiger charge is -2.29. The Hall–Kier alpha value is -3.84. The fourth-order valence-corrected chi connectivity index (χ4v) is 5.95. The number of ether oxygens (including phenoxy) is 1. The van der Waals surface area contributed by atoms with Crippen LogP contribution >= 0.6 is 0 Å². The predicted molar refractivity (Wildman–Crippen MR) is 137 cm³/mol. The minimum Gasteiger partial charge on any atom is -0.497 e. The van der Waals surface area contributed by atoms with Gasteiger partial charge in [0.25, 0.3) is 0 Å². The molecule has 4 aromatic rings. The third kappa shape index (κ3) is 3.08. The average Bonchev–Trinajstić information content (AvgIpc) is 3.43. The maximum Gasteiger partial charge on any atom is 0.235 e. The van der Waals surface area contributed by atoms with Crippen LogP contribution in [0, 0.1) is 0 Å². The molecule has 2 atom stereocenters. The summed E-state index contributed by atoms with van der Waals surface area (Å²) in [5, 5.41) is 15.5. The van der Waals surface area contributed by atoms with E-state index in [1.807, 2.05) is 18.2 Å². The summed E-state index contributed by atoms with van der Waals surface area (Å²) in [6.07, 6.45) is 0.804. The van der Waals surface area contributed by atoms with Gasteiger partial charge in [-0.25, -0.2) is 0 Å². The highest BCUT2D eigenvalue weighted by molar-refractivity contribution is 6.10. The van der Waals surface area contributed by atoms with Crippen LogP contribution in [0.1, 0.15) is 23.5 Å². The number of fused-ring (bicyclic) bond motifs is 3. The van der Waals surface area contributed by atoms with E-state index in [2.05, 4.69) is 68.2 Å². The van der Waals surface area contributed by atoms with Gasteiger partial charge in [-0.1, -0.05) is 24.3 Å². The molecule has 1 saturated heterocycles. The van der Waals surface area contributed by atoms with Gasteiger partial charge in [0.05, 0.1) is 23.7 Å². The fourth-order valence-electron chi connectivity index (χ4n) is 5.95. The molecule has 3 N–H and O–H groups in total. The number of hydrogen-bond acceptors (Lipinski definition) is 5. The molecule has 1 spiro atoms. The number of H-pyrrole nitrogens is 1. The van der Waals surface area contributed by atoms with Crippen molar-refractivity contribution < 1.29 is 9.53 Å². The molecule has 3 aromatic carbocycles. The van der Waals surface area contributed by atoms with Crippen LogP contribution in [-0.4, -0.2) is 49.4 Å². The van der Waals surface area contributed by atoms with E-state index in [-0.39, 0.29) is 11.8 Å². The van der Waals surface area contributed by atoms with Crippen molar-refractivity contribution in [3.05, 3.63) is 71.8 Å². The Labute approximate surface area is 203 Å². The minimum atomic E-state index is -0.502. The molecule has 1 amide bonds. The molecule has 2 aliphatic heterocycles. The first kappa shape index (κ1) is 20.5. The van der Waals surface area contributed by atoms with Crippen molar-refractivity contribution >= 4 is 28.2 Å². The van der Waals surface area contributed by atoms with Crippen molar-refractivity contribution in [3.63, 3.8) is 0 Å². The van der Waals surface area contributed by atoms with E-state index in [0.717, 1.165) is 77.3 Å². The largest absolute Gasteiger partial charge is 0.497 e. The van der Waals surface area contributed by atoms with Gasteiger partial charge in [0.15, 0.2) is 0 Å². The lowest BCUT2D eigenvalue weighted by Crippen LogP contribution is -2.43. The van der Waals surface area contributed by atoms with Crippen LogP contribution in [0.25, 0.3) is 22.2 Å². The zero-order valence-corrected chi connectivity index (χ0v) is 19.6. The third-order valence-electron chi connectivity index (χ3n) is 7.91. The van der Waals surface area contributed by atoms with E-state index < -0.39 is 5.41 Å². The SMILES string of the molecule is COc1ccc2c(c1)C1(CC1c1ccc3c(-c4cccc(N5CCNCC5)c4)n[nH]c3c1)C(=O)N2. The second-order valence-corrected chi connectivity index (χ2v) is 9.76. The number of aromatic nitrogens is 2. The molecule has 0 bridgehead atoms. The van der Waals surface area contributed by atoms with Crippen LogP contribution in [-0.2, 0) is 10.2 Å². The van der Waals surface area contributed by atoms with Crippen molar-refractivity contribution in [3.8, 4) is 17.0 Å². The number of nitrogens with one attached hydrogen (secondary N) is 3. The van der Waals surface area contributed by atoms with Gasteiger partial charge in [0.2, 0.25) is 5.91 Å². The topological polar surface area (TPSA) is 82.3 Å². The van der Waals surface area contributed by atoms with E-state index in [0.29, 0.717) is 0 Å². The Morgan fingerprint density at radius 1 is 1.06 bits per heavy atom. The van der Waals surface area contributed by atoms with Gasteiger partial charge in [-0.2, -0.15) is 5.10 Å². The lowest BCUT2D eigenvalue weighted by molar-refractivity contribution is -0.118. The quantitative estimate of drug-likeness (QED) is 0.424. The molecule has 0 radical (unpaired) electrons. The van der Waals surface area contributed by atoms with Crippen LogP contribution in [0.15, 0.2) is 60.7 Å². The molecule has 35 heavy (non-hydrogen) atoms. The van der Waals surface area contributed by atoms with Crippen molar-refractivity contribution in [2.24, 2.45) is 0 Å². The number of carbonyl (C=O) groups is 1. The molecule has 3 aliphatic rings. The number of aromatic amines is 1. The molecular formula is C28H27N5O2. The lowest BCUT2D eigenvalue weighted by atomic mass is 9.91. The summed E-state index contributed by atoms with van der Waals surface area (Å²) in [5.41, 5.74) is 6.90. The standard InChI is InChI=1S/C28H27N5O2/c1-35-20-6-8-24-22(15-20)28(27(34)30-24)16-23(28)17-5-7-21-25(14-17)31-32-26(21)18-3-2-4-19(13-18)33-11-9-29-10-12-33/h2-8,13-15,23,29H,9-12,16H2,1H3,(H,30,34)(H,31,32). The molecule has 2 unspecified atom stereocenters. The van der Waals surface area contributed by atoms with Crippen LogP contribution in [0.5, 0.6) is 5.75 Å². The van der Waals surface area contributed by atoms with Crippen LogP contribution < -0.4 is 20.3 Å². The number of benzene rings is 3. The Kier molecular flexibility index (Phi) is 4.45. The second-order valence-electron chi connectivity index (χ2n) is 9.76. The number of methoxy groups -OCH3 is 1. The Morgan fingerprint density at radius 3 is 2.80 bits per heavy atom. The van der Waals surface area contributed by atoms with E-state index in [1.54, 1.807) is 7.11 Å². The summed E-state index contributed by atoms with van der Waals surface area (Å²) >= 11 is 0. The van der Waals surface area contributed by atoms with Crippen molar-refractivity contribution in [2.75, 3.05) is 43.5 Å². The molecule has 1 aliphatic carbocycles. The van der Waals surface area contributed by atoms with Crippen molar-refractivity contribution in [2.45, 2.75) is 17.8 Å². The van der Waals surface area contributed by atoms with Crippen LogP contribution in [0.3, 0.4) is 0 Å². The molecule has 176 valence electrons. The second kappa shape index (κ2) is 7.58. The maximum absolute atomic E-state index is 13.0. The minimum absolute atomic E-state index is 0.0841. The zero-order valence-electron chi connectivity index (χ0n) is 19.6. The summed E-state index contributed by atoms with van der Waals surface area (Å²) in [5.74, 6) is 1.01. The number of anilines is 2.